The van der Waals surface area contributed by atoms with Crippen LogP contribution in [0.3, 0.4) is 0 Å². The minimum atomic E-state index is -0.174. The third-order valence-electron chi connectivity index (χ3n) is 2.30. The van der Waals surface area contributed by atoms with Gasteiger partial charge in [-0.2, -0.15) is 0 Å². The second-order valence-corrected chi connectivity index (χ2v) is 3.80. The molecule has 1 saturated heterocycles. The molecule has 0 radical (unpaired) electrons. The molecule has 0 aliphatic carbocycles. The van der Waals surface area contributed by atoms with E-state index in [-0.39, 0.29) is 18.1 Å². The molecular formula is C10H16N2O2. The fraction of sp³-hybridized carbons (Fsp3) is 0.700. The zero-order valence-electron chi connectivity index (χ0n) is 8.67. The molecule has 0 aromatic heterocycles. The van der Waals surface area contributed by atoms with Crippen LogP contribution in [0.5, 0.6) is 0 Å². The number of carbonyl (C=O) groups excluding carboxylic acids is 1. The highest BCUT2D eigenvalue weighted by Crippen LogP contribution is 2.14. The van der Waals surface area contributed by atoms with Crippen LogP contribution in [0.25, 0.3) is 0 Å². The number of likely N-dealkylation sites (N-methyl/N-ethyl adjacent to an activating group) is 1. The number of amides is 1. The van der Waals surface area contributed by atoms with Gasteiger partial charge in [-0.15, -0.1) is 6.42 Å². The van der Waals surface area contributed by atoms with E-state index in [4.69, 9.17) is 11.2 Å². The molecule has 0 unspecified atom stereocenters. The van der Waals surface area contributed by atoms with E-state index in [9.17, 15) is 4.79 Å². The number of hydrogen-bond donors (Lipinski definition) is 1. The van der Waals surface area contributed by atoms with Crippen molar-refractivity contribution in [2.24, 2.45) is 0 Å². The lowest BCUT2D eigenvalue weighted by Crippen LogP contribution is -2.59. The first-order valence-corrected chi connectivity index (χ1v) is 4.59. The van der Waals surface area contributed by atoms with E-state index < -0.39 is 0 Å². The highest BCUT2D eigenvalue weighted by atomic mass is 16.5. The molecule has 14 heavy (non-hydrogen) atoms. The molecule has 1 heterocycles. The Kier molecular flexibility index (Phi) is 3.50. The SMILES string of the molecule is C#CCN(C)C(=O)COC1(C)CNC1. The molecule has 1 rings (SSSR count). The number of carbonyl (C=O) groups is 1. The molecule has 4 heteroatoms. The monoisotopic (exact) mass is 196 g/mol. The van der Waals surface area contributed by atoms with Crippen molar-refractivity contribution in [3.8, 4) is 12.3 Å². The predicted molar refractivity (Wildman–Crippen MR) is 53.7 cm³/mol. The van der Waals surface area contributed by atoms with Crippen molar-refractivity contribution in [2.75, 3.05) is 33.3 Å². The number of ether oxygens (including phenoxy) is 1. The first-order chi connectivity index (χ1) is 6.57. The van der Waals surface area contributed by atoms with Crippen molar-refractivity contribution in [3.63, 3.8) is 0 Å². The smallest absolute Gasteiger partial charge is 0.249 e. The van der Waals surface area contributed by atoms with Gasteiger partial charge in [0.15, 0.2) is 0 Å². The van der Waals surface area contributed by atoms with Gasteiger partial charge in [-0.1, -0.05) is 5.92 Å². The Bertz CT molecular complexity index is 253. The van der Waals surface area contributed by atoms with Gasteiger partial charge in [-0.25, -0.2) is 0 Å². The molecule has 1 aliphatic rings. The zero-order valence-corrected chi connectivity index (χ0v) is 8.67. The Morgan fingerprint density at radius 1 is 1.71 bits per heavy atom. The normalized spacial score (nSPS) is 18.1. The van der Waals surface area contributed by atoms with Gasteiger partial charge in [0.1, 0.15) is 6.61 Å². The van der Waals surface area contributed by atoms with Gasteiger partial charge in [-0.05, 0) is 6.92 Å². The van der Waals surface area contributed by atoms with Crippen molar-refractivity contribution in [2.45, 2.75) is 12.5 Å². The maximum atomic E-state index is 11.4. The highest BCUT2D eigenvalue weighted by molar-refractivity contribution is 5.77. The average molecular weight is 196 g/mol. The summed E-state index contributed by atoms with van der Waals surface area (Å²) in [5.74, 6) is 2.34. The number of hydrogen-bond acceptors (Lipinski definition) is 3. The summed E-state index contributed by atoms with van der Waals surface area (Å²) in [6.45, 7) is 4.03. The second kappa shape index (κ2) is 4.45. The molecule has 0 aromatic rings. The maximum Gasteiger partial charge on any atom is 0.249 e. The molecule has 0 atom stereocenters. The first-order valence-electron chi connectivity index (χ1n) is 4.59. The largest absolute Gasteiger partial charge is 0.363 e. The van der Waals surface area contributed by atoms with Crippen LogP contribution in [-0.2, 0) is 9.53 Å². The van der Waals surface area contributed by atoms with Gasteiger partial charge in [-0.3, -0.25) is 4.79 Å². The number of rotatable bonds is 4. The molecule has 1 amide bonds. The van der Waals surface area contributed by atoms with Crippen LogP contribution >= 0.6 is 0 Å². The first kappa shape index (κ1) is 11.0. The lowest BCUT2D eigenvalue weighted by molar-refractivity contribution is -0.144. The average Bonchev–Trinajstić information content (AvgIpc) is 2.11. The standard InChI is InChI=1S/C10H16N2O2/c1-4-5-12(3)9(13)6-14-10(2)7-11-8-10/h1,11H,5-8H2,2-3H3. The molecular weight excluding hydrogens is 180 g/mol. The van der Waals surface area contributed by atoms with E-state index >= 15 is 0 Å². The van der Waals surface area contributed by atoms with Crippen LogP contribution in [0.2, 0.25) is 0 Å². The Labute approximate surface area is 84.6 Å². The van der Waals surface area contributed by atoms with Crippen molar-refractivity contribution < 1.29 is 9.53 Å². The fourth-order valence-corrected chi connectivity index (χ4v) is 1.15. The van der Waals surface area contributed by atoms with Crippen LogP contribution < -0.4 is 5.32 Å². The molecule has 0 saturated carbocycles. The van der Waals surface area contributed by atoms with Gasteiger partial charge in [0.25, 0.3) is 0 Å². The third-order valence-corrected chi connectivity index (χ3v) is 2.30. The number of nitrogens with zero attached hydrogens (tertiary/aromatic N) is 1. The van der Waals surface area contributed by atoms with Gasteiger partial charge >= 0.3 is 0 Å². The molecule has 4 nitrogen and oxygen atoms in total. The van der Waals surface area contributed by atoms with Crippen LogP contribution in [0.15, 0.2) is 0 Å². The summed E-state index contributed by atoms with van der Waals surface area (Å²) < 4.78 is 5.47. The molecule has 1 N–H and O–H groups in total. The summed E-state index contributed by atoms with van der Waals surface area (Å²) >= 11 is 0. The minimum Gasteiger partial charge on any atom is -0.363 e. The zero-order chi connectivity index (χ0) is 10.6. The molecule has 1 aliphatic heterocycles. The maximum absolute atomic E-state index is 11.4. The van der Waals surface area contributed by atoms with Gasteiger partial charge in [0.05, 0.1) is 12.1 Å². The third kappa shape index (κ3) is 2.72. The van der Waals surface area contributed by atoms with Gasteiger partial charge < -0.3 is 15.0 Å². The van der Waals surface area contributed by atoms with E-state index in [1.54, 1.807) is 7.05 Å². The Morgan fingerprint density at radius 2 is 2.36 bits per heavy atom. The van der Waals surface area contributed by atoms with Crippen LogP contribution in [0.1, 0.15) is 6.92 Å². The Morgan fingerprint density at radius 3 is 2.79 bits per heavy atom. The minimum absolute atomic E-state index is 0.0731. The summed E-state index contributed by atoms with van der Waals surface area (Å²) in [4.78, 5) is 12.9. The van der Waals surface area contributed by atoms with Crippen molar-refractivity contribution in [3.05, 3.63) is 0 Å². The van der Waals surface area contributed by atoms with Crippen LogP contribution in [-0.4, -0.2) is 49.7 Å². The molecule has 0 aromatic carbocycles. The van der Waals surface area contributed by atoms with Gasteiger partial charge in [0, 0.05) is 20.1 Å². The van der Waals surface area contributed by atoms with Crippen molar-refractivity contribution in [1.82, 2.24) is 10.2 Å². The molecule has 0 bridgehead atoms. The number of nitrogens with one attached hydrogen (secondary N) is 1. The molecule has 0 spiro atoms. The van der Waals surface area contributed by atoms with Gasteiger partial charge in [0.2, 0.25) is 5.91 Å². The Balaban J connectivity index is 2.24. The van der Waals surface area contributed by atoms with E-state index in [1.165, 1.54) is 4.90 Å². The van der Waals surface area contributed by atoms with Crippen molar-refractivity contribution >= 4 is 5.91 Å². The summed E-state index contributed by atoms with van der Waals surface area (Å²) in [6, 6.07) is 0. The van der Waals surface area contributed by atoms with E-state index in [1.807, 2.05) is 6.92 Å². The molecule has 78 valence electrons. The lowest BCUT2D eigenvalue weighted by atomic mass is 10.0. The van der Waals surface area contributed by atoms with E-state index in [0.717, 1.165) is 13.1 Å². The Hall–Kier alpha value is -1.05. The van der Waals surface area contributed by atoms with E-state index in [0.29, 0.717) is 6.54 Å². The fourth-order valence-electron chi connectivity index (χ4n) is 1.15. The topological polar surface area (TPSA) is 41.6 Å². The number of terminal acetylenes is 1. The highest BCUT2D eigenvalue weighted by Gasteiger charge is 2.33. The summed E-state index contributed by atoms with van der Waals surface area (Å²) in [5.41, 5.74) is -0.174. The molecule has 1 fully saturated rings. The van der Waals surface area contributed by atoms with Crippen molar-refractivity contribution in [1.29, 1.82) is 0 Å². The quantitative estimate of drug-likeness (QED) is 0.614. The summed E-state index contributed by atoms with van der Waals surface area (Å²) in [7, 11) is 1.67. The summed E-state index contributed by atoms with van der Waals surface area (Å²) in [6.07, 6.45) is 5.09. The summed E-state index contributed by atoms with van der Waals surface area (Å²) in [5, 5.41) is 3.10. The van der Waals surface area contributed by atoms with E-state index in [2.05, 4.69) is 11.2 Å². The lowest BCUT2D eigenvalue weighted by Gasteiger charge is -2.39. The van der Waals surface area contributed by atoms with Crippen LogP contribution in [0.4, 0.5) is 0 Å². The predicted octanol–water partition coefficient (Wildman–Crippen LogP) is -0.543. The van der Waals surface area contributed by atoms with Crippen LogP contribution in [0, 0.1) is 12.3 Å². The second-order valence-electron chi connectivity index (χ2n) is 3.80.